The minimum atomic E-state index is -1.93. The number of nitrogens with zero attached hydrogens (tertiary/aromatic N) is 1. The first-order chi connectivity index (χ1) is 8.58. The molecule has 0 saturated carbocycles. The molecule has 0 unspecified atom stereocenters. The van der Waals surface area contributed by atoms with Gasteiger partial charge in [-0.25, -0.2) is 0 Å². The van der Waals surface area contributed by atoms with Crippen LogP contribution in [0.3, 0.4) is 0 Å². The normalized spacial score (nSPS) is 12.2. The standard InChI is InChI=1S/C15H25NO2Si/c1-15(2,3)19(6,7)18-14-10-13(16(4)5)9-8-12(14)11-17/h8-11H,1-7H3. The van der Waals surface area contributed by atoms with E-state index in [-0.39, 0.29) is 5.04 Å². The van der Waals surface area contributed by atoms with E-state index >= 15 is 0 Å². The second-order valence-electron chi connectivity index (χ2n) is 6.60. The van der Waals surface area contributed by atoms with Crippen LogP contribution < -0.4 is 9.33 Å². The van der Waals surface area contributed by atoms with Gasteiger partial charge in [-0.15, -0.1) is 0 Å². The van der Waals surface area contributed by atoms with Crippen molar-refractivity contribution in [1.29, 1.82) is 0 Å². The zero-order chi connectivity index (χ0) is 14.8. The number of anilines is 1. The highest BCUT2D eigenvalue weighted by Gasteiger charge is 2.39. The van der Waals surface area contributed by atoms with Gasteiger partial charge in [0.1, 0.15) is 5.75 Å². The topological polar surface area (TPSA) is 29.5 Å². The van der Waals surface area contributed by atoms with Crippen molar-refractivity contribution in [3.05, 3.63) is 23.8 Å². The molecule has 1 aromatic carbocycles. The van der Waals surface area contributed by atoms with Gasteiger partial charge in [0.2, 0.25) is 0 Å². The molecule has 1 rings (SSSR count). The van der Waals surface area contributed by atoms with Gasteiger partial charge < -0.3 is 9.33 Å². The first-order valence-electron chi connectivity index (χ1n) is 6.54. The van der Waals surface area contributed by atoms with E-state index in [2.05, 4.69) is 33.9 Å². The molecule has 4 heteroatoms. The Morgan fingerprint density at radius 1 is 1.21 bits per heavy atom. The largest absolute Gasteiger partial charge is 0.543 e. The second kappa shape index (κ2) is 5.37. The first-order valence-corrected chi connectivity index (χ1v) is 9.45. The summed E-state index contributed by atoms with van der Waals surface area (Å²) in [7, 11) is 2.03. The zero-order valence-electron chi connectivity index (χ0n) is 13.1. The molecule has 19 heavy (non-hydrogen) atoms. The maximum Gasteiger partial charge on any atom is 0.250 e. The number of carbonyl (C=O) groups is 1. The highest BCUT2D eigenvalue weighted by Crippen LogP contribution is 2.38. The van der Waals surface area contributed by atoms with Gasteiger partial charge in [-0.1, -0.05) is 20.8 Å². The lowest BCUT2D eigenvalue weighted by molar-refractivity contribution is 0.112. The fourth-order valence-electron chi connectivity index (χ4n) is 1.41. The van der Waals surface area contributed by atoms with Crippen molar-refractivity contribution in [2.75, 3.05) is 19.0 Å². The lowest BCUT2D eigenvalue weighted by Gasteiger charge is -2.37. The quantitative estimate of drug-likeness (QED) is 0.617. The van der Waals surface area contributed by atoms with Crippen LogP contribution in [0.1, 0.15) is 31.1 Å². The van der Waals surface area contributed by atoms with Crippen molar-refractivity contribution in [2.24, 2.45) is 0 Å². The number of aldehydes is 1. The summed E-state index contributed by atoms with van der Waals surface area (Å²) in [6.45, 7) is 10.9. The molecule has 0 aliphatic rings. The van der Waals surface area contributed by atoms with Crippen LogP contribution in [0.2, 0.25) is 18.1 Å². The number of rotatable bonds is 4. The molecule has 0 aromatic heterocycles. The van der Waals surface area contributed by atoms with Gasteiger partial charge >= 0.3 is 0 Å². The third-order valence-electron chi connectivity index (χ3n) is 3.81. The van der Waals surface area contributed by atoms with Gasteiger partial charge in [-0.2, -0.15) is 0 Å². The van der Waals surface area contributed by atoms with Gasteiger partial charge in [-0.3, -0.25) is 4.79 Å². The lowest BCUT2D eigenvalue weighted by atomic mass is 10.2. The summed E-state index contributed by atoms with van der Waals surface area (Å²) >= 11 is 0. The minimum Gasteiger partial charge on any atom is -0.543 e. The molecule has 0 aliphatic carbocycles. The van der Waals surface area contributed by atoms with Crippen LogP contribution in [0.5, 0.6) is 5.75 Å². The predicted molar refractivity (Wildman–Crippen MR) is 84.0 cm³/mol. The third-order valence-corrected chi connectivity index (χ3v) is 8.15. The summed E-state index contributed by atoms with van der Waals surface area (Å²) in [5.41, 5.74) is 1.66. The molecule has 106 valence electrons. The summed E-state index contributed by atoms with van der Waals surface area (Å²) in [6.07, 6.45) is 0.863. The molecule has 0 N–H and O–H groups in total. The van der Waals surface area contributed by atoms with Crippen LogP contribution in [-0.2, 0) is 0 Å². The Balaban J connectivity index is 3.18. The molecule has 0 heterocycles. The average molecular weight is 279 g/mol. The van der Waals surface area contributed by atoms with Crippen LogP contribution in [-0.4, -0.2) is 28.7 Å². The van der Waals surface area contributed by atoms with Crippen LogP contribution in [0.4, 0.5) is 5.69 Å². The van der Waals surface area contributed by atoms with Gasteiger partial charge in [0.05, 0.1) is 5.56 Å². The number of hydrogen-bond donors (Lipinski definition) is 0. The Bertz CT molecular complexity index is 462. The van der Waals surface area contributed by atoms with E-state index in [9.17, 15) is 4.79 Å². The summed E-state index contributed by atoms with van der Waals surface area (Å²) in [6, 6.07) is 5.71. The molecular weight excluding hydrogens is 254 g/mol. The second-order valence-corrected chi connectivity index (χ2v) is 11.3. The number of carbonyl (C=O) groups excluding carboxylic acids is 1. The van der Waals surface area contributed by atoms with E-state index in [1.165, 1.54) is 0 Å². The Morgan fingerprint density at radius 2 is 1.79 bits per heavy atom. The van der Waals surface area contributed by atoms with Crippen molar-refractivity contribution < 1.29 is 9.22 Å². The Morgan fingerprint density at radius 3 is 2.21 bits per heavy atom. The van der Waals surface area contributed by atoms with Gasteiger partial charge in [0, 0.05) is 25.8 Å². The molecule has 0 fully saturated rings. The monoisotopic (exact) mass is 279 g/mol. The van der Waals surface area contributed by atoms with Gasteiger partial charge in [0.25, 0.3) is 8.32 Å². The first kappa shape index (κ1) is 15.8. The van der Waals surface area contributed by atoms with Crippen molar-refractivity contribution in [2.45, 2.75) is 38.9 Å². The summed E-state index contributed by atoms with van der Waals surface area (Å²) in [5, 5.41) is 0.112. The Kier molecular flexibility index (Phi) is 4.45. The molecule has 0 radical (unpaired) electrons. The van der Waals surface area contributed by atoms with Crippen molar-refractivity contribution in [3.8, 4) is 5.75 Å². The summed E-state index contributed by atoms with van der Waals surface area (Å²) in [5.74, 6) is 0.702. The Labute approximate surface area is 117 Å². The molecule has 0 spiro atoms. The van der Waals surface area contributed by atoms with Crippen LogP contribution in [0, 0.1) is 0 Å². The highest BCUT2D eigenvalue weighted by atomic mass is 28.4. The highest BCUT2D eigenvalue weighted by molar-refractivity contribution is 6.74. The Hall–Kier alpha value is -1.29. The van der Waals surface area contributed by atoms with Gasteiger partial charge in [0.15, 0.2) is 6.29 Å². The van der Waals surface area contributed by atoms with Crippen LogP contribution >= 0.6 is 0 Å². The molecule has 0 amide bonds. The minimum absolute atomic E-state index is 0.112. The van der Waals surface area contributed by atoms with Gasteiger partial charge in [-0.05, 0) is 30.3 Å². The maximum absolute atomic E-state index is 11.2. The fraction of sp³-hybridized carbons (Fsp3) is 0.533. The fourth-order valence-corrected chi connectivity index (χ4v) is 2.45. The zero-order valence-corrected chi connectivity index (χ0v) is 14.1. The molecule has 0 bridgehead atoms. The number of hydrogen-bond acceptors (Lipinski definition) is 3. The van der Waals surface area contributed by atoms with E-state index in [4.69, 9.17) is 4.43 Å². The van der Waals surface area contributed by atoms with E-state index in [0.717, 1.165) is 12.0 Å². The number of benzene rings is 1. The van der Waals surface area contributed by atoms with Crippen molar-refractivity contribution in [1.82, 2.24) is 0 Å². The molecule has 0 saturated heterocycles. The third kappa shape index (κ3) is 3.59. The van der Waals surface area contributed by atoms with E-state index in [1.807, 2.05) is 37.2 Å². The molecular formula is C15H25NO2Si. The lowest BCUT2D eigenvalue weighted by Crippen LogP contribution is -2.44. The van der Waals surface area contributed by atoms with Crippen molar-refractivity contribution in [3.63, 3.8) is 0 Å². The van der Waals surface area contributed by atoms with Crippen LogP contribution in [0.25, 0.3) is 0 Å². The molecule has 0 atom stereocenters. The maximum atomic E-state index is 11.2. The SMILES string of the molecule is CN(C)c1ccc(C=O)c(O[Si](C)(C)C(C)(C)C)c1. The smallest absolute Gasteiger partial charge is 0.250 e. The average Bonchev–Trinajstić information content (AvgIpc) is 2.26. The molecule has 3 nitrogen and oxygen atoms in total. The molecule has 0 aliphatic heterocycles. The van der Waals surface area contributed by atoms with Crippen molar-refractivity contribution >= 4 is 20.3 Å². The van der Waals surface area contributed by atoms with E-state index < -0.39 is 8.32 Å². The van der Waals surface area contributed by atoms with Crippen LogP contribution in [0.15, 0.2) is 18.2 Å². The predicted octanol–water partition coefficient (Wildman–Crippen LogP) is 3.95. The molecule has 1 aromatic rings. The van der Waals surface area contributed by atoms with E-state index in [0.29, 0.717) is 11.3 Å². The summed E-state index contributed by atoms with van der Waals surface area (Å²) < 4.78 is 6.26. The van der Waals surface area contributed by atoms with E-state index in [1.54, 1.807) is 0 Å². The summed E-state index contributed by atoms with van der Waals surface area (Å²) in [4.78, 5) is 13.2.